The van der Waals surface area contributed by atoms with E-state index in [0.29, 0.717) is 0 Å². The molecule has 0 spiro atoms. The van der Waals surface area contributed by atoms with Gasteiger partial charge in [-0.3, -0.25) is 9.55 Å². The predicted octanol–water partition coefficient (Wildman–Crippen LogP) is 12.6. The SMILES string of the molecule is CC1(C)C2=C(CCC=C2)c2cc3c(-c4cccc(-c5nc6ccccc6n5-c5ccccc5)c4)c4ccccc4c(-c4ccc(C5=CC=CCN5)nc4)c3cc21. The summed E-state index contributed by atoms with van der Waals surface area (Å²) in [6.07, 6.45) is 15.3. The number of dihydropyridines is 1. The maximum atomic E-state index is 5.25. The highest BCUT2D eigenvalue weighted by atomic mass is 15.1. The van der Waals surface area contributed by atoms with E-state index in [2.05, 4.69) is 188 Å². The van der Waals surface area contributed by atoms with Gasteiger partial charge in [0.25, 0.3) is 0 Å². The molecule has 2 aromatic heterocycles. The van der Waals surface area contributed by atoms with E-state index < -0.39 is 0 Å². The fourth-order valence-electron chi connectivity index (χ4n) is 9.49. The van der Waals surface area contributed by atoms with Crippen LogP contribution in [-0.2, 0) is 5.41 Å². The van der Waals surface area contributed by atoms with Gasteiger partial charge in [-0.05, 0) is 128 Å². The number of nitrogens with zero attached hydrogens (tertiary/aromatic N) is 3. The summed E-state index contributed by atoms with van der Waals surface area (Å²) >= 11 is 0. The number of para-hydroxylation sites is 3. The van der Waals surface area contributed by atoms with Crippen LogP contribution >= 0.6 is 0 Å². The molecular formula is C52H40N4. The quantitative estimate of drug-likeness (QED) is 0.180. The molecule has 0 saturated heterocycles. The monoisotopic (exact) mass is 720 g/mol. The Kier molecular flexibility index (Phi) is 7.37. The number of aromatic nitrogens is 3. The number of fused-ring (bicyclic) bond motifs is 5. The highest BCUT2D eigenvalue weighted by Gasteiger charge is 2.38. The second-order valence-electron chi connectivity index (χ2n) is 15.7. The van der Waals surface area contributed by atoms with Crippen LogP contribution < -0.4 is 5.32 Å². The van der Waals surface area contributed by atoms with Crippen LogP contribution in [0.1, 0.15) is 43.5 Å². The zero-order valence-electron chi connectivity index (χ0n) is 31.6. The number of hydrogen-bond donors (Lipinski definition) is 1. The van der Waals surface area contributed by atoms with E-state index in [1.165, 1.54) is 60.5 Å². The molecule has 56 heavy (non-hydrogen) atoms. The molecule has 11 rings (SSSR count). The first kappa shape index (κ1) is 32.6. The van der Waals surface area contributed by atoms with Crippen molar-refractivity contribution >= 4 is 43.8 Å². The van der Waals surface area contributed by atoms with Crippen molar-refractivity contribution in [2.45, 2.75) is 32.1 Å². The molecule has 0 fully saturated rings. The number of pyridine rings is 1. The number of allylic oxidation sites excluding steroid dienone is 6. The van der Waals surface area contributed by atoms with Gasteiger partial charge in [0.2, 0.25) is 0 Å². The summed E-state index contributed by atoms with van der Waals surface area (Å²) in [6, 6.07) is 46.4. The maximum Gasteiger partial charge on any atom is 0.145 e. The van der Waals surface area contributed by atoms with Crippen LogP contribution in [0.15, 0.2) is 170 Å². The van der Waals surface area contributed by atoms with Crippen molar-refractivity contribution < 1.29 is 0 Å². The fourth-order valence-corrected chi connectivity index (χ4v) is 9.49. The Morgan fingerprint density at radius 3 is 2.25 bits per heavy atom. The molecule has 0 atom stereocenters. The summed E-state index contributed by atoms with van der Waals surface area (Å²) in [7, 11) is 0. The average molecular weight is 721 g/mol. The summed E-state index contributed by atoms with van der Waals surface area (Å²) in [4.78, 5) is 10.3. The lowest BCUT2D eigenvalue weighted by molar-refractivity contribution is 0.652. The van der Waals surface area contributed by atoms with Crippen LogP contribution in [0.25, 0.3) is 83.2 Å². The van der Waals surface area contributed by atoms with Crippen LogP contribution in [0.3, 0.4) is 0 Å². The summed E-state index contributed by atoms with van der Waals surface area (Å²) in [6.45, 7) is 5.61. The van der Waals surface area contributed by atoms with Crippen LogP contribution in [0.4, 0.5) is 0 Å². The van der Waals surface area contributed by atoms with Crippen molar-refractivity contribution in [2.24, 2.45) is 0 Å². The lowest BCUT2D eigenvalue weighted by atomic mass is 9.78. The first-order valence-electron chi connectivity index (χ1n) is 19.7. The molecule has 0 unspecified atom stereocenters. The van der Waals surface area contributed by atoms with Gasteiger partial charge in [-0.15, -0.1) is 0 Å². The van der Waals surface area contributed by atoms with Crippen LogP contribution in [-0.4, -0.2) is 21.1 Å². The van der Waals surface area contributed by atoms with E-state index >= 15 is 0 Å². The van der Waals surface area contributed by atoms with E-state index in [4.69, 9.17) is 9.97 Å². The molecule has 2 aliphatic carbocycles. The zero-order valence-corrected chi connectivity index (χ0v) is 31.6. The zero-order chi connectivity index (χ0) is 37.4. The van der Waals surface area contributed by atoms with Crippen LogP contribution in [0.2, 0.25) is 0 Å². The third-order valence-corrected chi connectivity index (χ3v) is 12.1. The Labute approximate surface area is 326 Å². The first-order valence-corrected chi connectivity index (χ1v) is 19.7. The van der Waals surface area contributed by atoms with Gasteiger partial charge >= 0.3 is 0 Å². The lowest BCUT2D eigenvalue weighted by Crippen LogP contribution is -2.16. The van der Waals surface area contributed by atoms with Crippen molar-refractivity contribution in [3.8, 4) is 39.3 Å². The molecule has 4 nitrogen and oxygen atoms in total. The first-order chi connectivity index (χ1) is 27.5. The molecule has 6 aromatic carbocycles. The van der Waals surface area contributed by atoms with Crippen molar-refractivity contribution in [3.05, 3.63) is 186 Å². The number of hydrogen-bond acceptors (Lipinski definition) is 3. The summed E-state index contributed by atoms with van der Waals surface area (Å²) in [5.74, 6) is 0.931. The largest absolute Gasteiger partial charge is 0.380 e. The molecule has 8 aromatic rings. The third-order valence-electron chi connectivity index (χ3n) is 12.1. The number of imidazole rings is 1. The molecule has 1 aliphatic heterocycles. The Morgan fingerprint density at radius 1 is 0.679 bits per heavy atom. The maximum absolute atomic E-state index is 5.25. The lowest BCUT2D eigenvalue weighted by Gasteiger charge is -2.25. The second kappa shape index (κ2) is 12.6. The molecule has 0 amide bonds. The molecule has 0 saturated carbocycles. The van der Waals surface area contributed by atoms with E-state index in [0.717, 1.165) is 64.4 Å². The Hall–Kier alpha value is -6.78. The summed E-state index contributed by atoms with van der Waals surface area (Å²) in [5, 5.41) is 8.43. The van der Waals surface area contributed by atoms with E-state index in [9.17, 15) is 0 Å². The van der Waals surface area contributed by atoms with Crippen LogP contribution in [0.5, 0.6) is 0 Å². The van der Waals surface area contributed by atoms with Crippen molar-refractivity contribution in [1.82, 2.24) is 19.9 Å². The van der Waals surface area contributed by atoms with Gasteiger partial charge < -0.3 is 5.32 Å². The molecule has 268 valence electrons. The Morgan fingerprint density at radius 2 is 1.45 bits per heavy atom. The standard InChI is InChI=1S/C52H40N4/c1-52(2)43-22-9-8-19-37(43)40-30-41-42(31-44(40)52)50(35-26-27-46(54-32-35)45-23-12-13-28-53-45)39-21-7-6-20-38(39)49(41)33-15-14-16-34(29-33)51-55-47-24-10-11-25-48(47)56(51)36-17-4-3-5-18-36/h3-7,9-18,20-27,29-32,53H,8,19,28H2,1-2H3. The Balaban J connectivity index is 1.19. The van der Waals surface area contributed by atoms with Gasteiger partial charge in [0, 0.05) is 35.0 Å². The van der Waals surface area contributed by atoms with Gasteiger partial charge in [0.15, 0.2) is 0 Å². The Bertz CT molecular complexity index is 3030. The molecule has 0 radical (unpaired) electrons. The van der Waals surface area contributed by atoms with Crippen molar-refractivity contribution in [1.29, 1.82) is 0 Å². The van der Waals surface area contributed by atoms with Gasteiger partial charge in [0.1, 0.15) is 5.82 Å². The highest BCUT2D eigenvalue weighted by Crippen LogP contribution is 2.54. The minimum atomic E-state index is -0.0932. The third kappa shape index (κ3) is 4.99. The van der Waals surface area contributed by atoms with Crippen LogP contribution in [0, 0.1) is 0 Å². The number of rotatable bonds is 5. The van der Waals surface area contributed by atoms with E-state index in [1.807, 2.05) is 0 Å². The molecular weight excluding hydrogens is 681 g/mol. The second-order valence-corrected chi connectivity index (χ2v) is 15.7. The molecule has 3 aliphatic rings. The van der Waals surface area contributed by atoms with Gasteiger partial charge in [0.05, 0.1) is 22.4 Å². The minimum absolute atomic E-state index is 0.0932. The minimum Gasteiger partial charge on any atom is -0.380 e. The highest BCUT2D eigenvalue weighted by molar-refractivity contribution is 6.22. The molecule has 1 N–H and O–H groups in total. The molecule has 3 heterocycles. The van der Waals surface area contributed by atoms with Gasteiger partial charge in [-0.25, -0.2) is 4.98 Å². The number of nitrogens with one attached hydrogen (secondary N) is 1. The summed E-state index contributed by atoms with van der Waals surface area (Å²) in [5.41, 5.74) is 16.7. The van der Waals surface area contributed by atoms with E-state index in [-0.39, 0.29) is 5.41 Å². The normalized spacial score (nSPS) is 15.6. The predicted molar refractivity (Wildman–Crippen MR) is 234 cm³/mol. The fraction of sp³-hybridized carbons (Fsp3) is 0.115. The van der Waals surface area contributed by atoms with Crippen molar-refractivity contribution in [3.63, 3.8) is 0 Å². The van der Waals surface area contributed by atoms with Gasteiger partial charge in [-0.1, -0.05) is 117 Å². The van der Waals surface area contributed by atoms with Crippen molar-refractivity contribution in [2.75, 3.05) is 6.54 Å². The van der Waals surface area contributed by atoms with Gasteiger partial charge in [-0.2, -0.15) is 0 Å². The van der Waals surface area contributed by atoms with E-state index in [1.54, 1.807) is 0 Å². The average Bonchev–Trinajstić information content (AvgIpc) is 3.75. The summed E-state index contributed by atoms with van der Waals surface area (Å²) < 4.78 is 2.29. The molecule has 4 heteroatoms. The smallest absolute Gasteiger partial charge is 0.145 e. The number of benzene rings is 6. The molecule has 0 bridgehead atoms. The topological polar surface area (TPSA) is 42.7 Å².